The van der Waals surface area contributed by atoms with E-state index in [2.05, 4.69) is 32.8 Å². The largest absolute Gasteiger partial charge is 0.462 e. The summed E-state index contributed by atoms with van der Waals surface area (Å²) in [7, 11) is 9.35. The van der Waals surface area contributed by atoms with Gasteiger partial charge in [-0.15, -0.1) is 0 Å². The Kier molecular flexibility index (Phi) is 18.5. The fourth-order valence-electron chi connectivity index (χ4n) is 8.01. The number of carbonyl (C=O) groups excluding carboxylic acids is 3. The van der Waals surface area contributed by atoms with Crippen LogP contribution in [0.3, 0.4) is 0 Å². The highest BCUT2D eigenvalue weighted by Crippen LogP contribution is 2.36. The van der Waals surface area contributed by atoms with Crippen molar-refractivity contribution in [3.05, 3.63) is 24.3 Å². The Morgan fingerprint density at radius 2 is 1.70 bits per heavy atom. The van der Waals surface area contributed by atoms with Gasteiger partial charge in [0, 0.05) is 44.4 Å². The topological polar surface area (TPSA) is 143 Å². The van der Waals surface area contributed by atoms with Crippen LogP contribution in [0.25, 0.3) is 0 Å². The first-order chi connectivity index (χ1) is 25.1. The number of nitrogens with zero attached hydrogens (tertiary/aromatic N) is 2. The van der Waals surface area contributed by atoms with Crippen molar-refractivity contribution in [1.29, 1.82) is 0 Å². The van der Waals surface area contributed by atoms with Gasteiger partial charge in [0.05, 0.1) is 30.8 Å². The molecule has 13 nitrogen and oxygen atoms in total. The quantitative estimate of drug-likeness (QED) is 0.237. The van der Waals surface area contributed by atoms with Gasteiger partial charge in [-0.2, -0.15) is 0 Å². The number of methoxy groups -OCH3 is 1. The van der Waals surface area contributed by atoms with Gasteiger partial charge in [0.15, 0.2) is 12.6 Å². The van der Waals surface area contributed by atoms with E-state index >= 15 is 0 Å². The average Bonchev–Trinajstić information content (AvgIpc) is 3.08. The third-order valence-corrected chi connectivity index (χ3v) is 11.1. The third-order valence-electron chi connectivity index (χ3n) is 11.1. The summed E-state index contributed by atoms with van der Waals surface area (Å²) in [6.45, 7) is 11.5. The fraction of sp³-hybridized carbons (Fsp3) is 0.825. The molecule has 0 radical (unpaired) electrons. The van der Waals surface area contributed by atoms with Crippen molar-refractivity contribution in [2.24, 2.45) is 17.8 Å². The Morgan fingerprint density at radius 1 is 0.981 bits per heavy atom. The van der Waals surface area contributed by atoms with Crippen molar-refractivity contribution in [3.63, 3.8) is 0 Å². The second-order valence-electron chi connectivity index (χ2n) is 15.6. The number of aliphatic hydroxyl groups is 1. The Hall–Kier alpha value is -2.23. The number of likely N-dealkylation sites (N-methyl/N-ethyl adjacent to an activating group) is 2. The number of aldehydes is 1. The minimum atomic E-state index is -1.12. The Labute approximate surface area is 317 Å². The number of esters is 2. The lowest BCUT2D eigenvalue weighted by molar-refractivity contribution is -0.301. The molecule has 0 aromatic carbocycles. The predicted molar refractivity (Wildman–Crippen MR) is 200 cm³/mol. The smallest absolute Gasteiger partial charge is 0.309 e. The molecule has 0 spiro atoms. The first-order valence-electron chi connectivity index (χ1n) is 19.4. The van der Waals surface area contributed by atoms with E-state index in [9.17, 15) is 19.5 Å². The van der Waals surface area contributed by atoms with Gasteiger partial charge in [-0.1, -0.05) is 45.1 Å². The van der Waals surface area contributed by atoms with E-state index in [1.165, 1.54) is 7.11 Å². The van der Waals surface area contributed by atoms with Crippen molar-refractivity contribution in [2.75, 3.05) is 35.3 Å². The highest BCUT2D eigenvalue weighted by atomic mass is 16.7. The molecular weight excluding hydrogens is 684 g/mol. The van der Waals surface area contributed by atoms with E-state index in [-0.39, 0.29) is 55.4 Å². The molecule has 3 rings (SSSR count). The zero-order valence-electron chi connectivity index (χ0n) is 33.9. The molecule has 0 saturated carbocycles. The number of rotatable bonds is 11. The molecular formula is C40H68N2O11. The lowest BCUT2D eigenvalue weighted by Gasteiger charge is -2.47. The maximum Gasteiger partial charge on any atom is 0.309 e. The second kappa shape index (κ2) is 21.8. The van der Waals surface area contributed by atoms with Gasteiger partial charge in [0.2, 0.25) is 0 Å². The lowest BCUT2D eigenvalue weighted by Crippen LogP contribution is -2.61. The van der Waals surface area contributed by atoms with Gasteiger partial charge in [-0.3, -0.25) is 9.59 Å². The van der Waals surface area contributed by atoms with Gasteiger partial charge in [-0.25, -0.2) is 0 Å². The second-order valence-corrected chi connectivity index (χ2v) is 15.6. The molecule has 2 fully saturated rings. The van der Waals surface area contributed by atoms with Crippen molar-refractivity contribution >= 4 is 18.2 Å². The minimum absolute atomic E-state index is 0.0210. The zero-order chi connectivity index (χ0) is 39.4. The predicted octanol–water partition coefficient (Wildman–Crippen LogP) is 4.29. The van der Waals surface area contributed by atoms with Crippen LogP contribution < -0.4 is 0 Å². The normalized spacial score (nSPS) is 40.7. The number of carbonyl (C=O) groups is 3. The highest BCUT2D eigenvalue weighted by molar-refractivity contribution is 5.72. The van der Waals surface area contributed by atoms with Crippen molar-refractivity contribution < 1.29 is 52.6 Å². The van der Waals surface area contributed by atoms with Crippen LogP contribution in [0.15, 0.2) is 24.3 Å². The van der Waals surface area contributed by atoms with Crippen molar-refractivity contribution in [1.82, 2.24) is 9.80 Å². The molecule has 304 valence electrons. The first kappa shape index (κ1) is 45.2. The fourth-order valence-corrected chi connectivity index (χ4v) is 8.01. The van der Waals surface area contributed by atoms with Crippen LogP contribution in [-0.2, 0) is 47.5 Å². The van der Waals surface area contributed by atoms with E-state index in [1.54, 1.807) is 13.8 Å². The molecule has 3 aliphatic rings. The van der Waals surface area contributed by atoms with Crippen LogP contribution in [-0.4, -0.2) is 142 Å². The first-order valence-corrected chi connectivity index (χ1v) is 19.4. The van der Waals surface area contributed by atoms with Crippen molar-refractivity contribution in [2.45, 2.75) is 160 Å². The van der Waals surface area contributed by atoms with Gasteiger partial charge < -0.3 is 52.9 Å². The van der Waals surface area contributed by atoms with E-state index < -0.39 is 67.1 Å². The van der Waals surface area contributed by atoms with Crippen LogP contribution in [0, 0.1) is 17.8 Å². The monoisotopic (exact) mass is 752 g/mol. The summed E-state index contributed by atoms with van der Waals surface area (Å²) < 4.78 is 43.8. The summed E-state index contributed by atoms with van der Waals surface area (Å²) in [5, 5.41) is 11.7. The Balaban J connectivity index is 2.09. The maximum absolute atomic E-state index is 13.3. The number of aliphatic hydroxyl groups excluding tert-OH is 1. The molecule has 2 saturated heterocycles. The maximum atomic E-state index is 13.3. The molecule has 1 N–H and O–H groups in total. The summed E-state index contributed by atoms with van der Waals surface area (Å²) in [4.78, 5) is 42.8. The third kappa shape index (κ3) is 12.9. The molecule has 13 heteroatoms. The van der Waals surface area contributed by atoms with E-state index in [0.717, 1.165) is 19.1 Å². The zero-order valence-corrected chi connectivity index (χ0v) is 33.9. The minimum Gasteiger partial charge on any atom is -0.462 e. The summed E-state index contributed by atoms with van der Waals surface area (Å²) in [5.41, 5.74) is 0. The van der Waals surface area contributed by atoms with Crippen LogP contribution >= 0.6 is 0 Å². The number of allylic oxidation sites excluding steroid dienone is 2. The summed E-state index contributed by atoms with van der Waals surface area (Å²) in [5.74, 6) is -1.83. The lowest BCUT2D eigenvalue weighted by atomic mass is 9.82. The van der Waals surface area contributed by atoms with E-state index in [4.69, 9.17) is 33.2 Å². The Morgan fingerprint density at radius 3 is 2.30 bits per heavy atom. The highest BCUT2D eigenvalue weighted by Gasteiger charge is 2.48. The molecule has 15 atom stereocenters. The molecule has 15 unspecified atom stereocenters. The van der Waals surface area contributed by atoms with Crippen LogP contribution in [0.4, 0.5) is 0 Å². The molecule has 0 aliphatic carbocycles. The molecule has 0 bridgehead atoms. The van der Waals surface area contributed by atoms with Gasteiger partial charge >= 0.3 is 11.9 Å². The van der Waals surface area contributed by atoms with Gasteiger partial charge in [0.1, 0.15) is 30.7 Å². The number of hydrogen-bond acceptors (Lipinski definition) is 13. The van der Waals surface area contributed by atoms with Crippen molar-refractivity contribution in [3.8, 4) is 0 Å². The number of cyclic esters (lactones) is 1. The molecule has 0 amide bonds. The summed E-state index contributed by atoms with van der Waals surface area (Å²) in [6.07, 6.45) is 4.00. The standard InChI is InChI=1S/C40H68N2O11/c1-12-33(44)51-32-23-34(45)48-25(3)16-14-13-15-17-31(52-35-19-18-30(41(7)8)28(6)49-35)24(2)22-29(20-21-43)38(39(32)47-11)53-40-37(46)36(42(9)10)26(4)27(5)50-40/h13-15,17,21,24-32,35-40,46H,12,16,18-20,22-23H2,1-11H3/b14-13+,17-15+. The molecule has 0 aromatic rings. The molecule has 3 aliphatic heterocycles. The van der Waals surface area contributed by atoms with Crippen LogP contribution in [0.1, 0.15) is 86.5 Å². The summed E-state index contributed by atoms with van der Waals surface area (Å²) >= 11 is 0. The molecule has 53 heavy (non-hydrogen) atoms. The van der Waals surface area contributed by atoms with Crippen LogP contribution in [0.5, 0.6) is 0 Å². The van der Waals surface area contributed by atoms with E-state index in [0.29, 0.717) is 12.8 Å². The number of ether oxygens (including phenoxy) is 7. The Bertz CT molecular complexity index is 1200. The summed E-state index contributed by atoms with van der Waals surface area (Å²) in [6, 6.07) is -0.0184. The molecule has 3 heterocycles. The number of hydrogen-bond donors (Lipinski definition) is 1. The average molecular weight is 753 g/mol. The van der Waals surface area contributed by atoms with Gasteiger partial charge in [0.25, 0.3) is 0 Å². The van der Waals surface area contributed by atoms with Crippen LogP contribution in [0.2, 0.25) is 0 Å². The molecule has 0 aromatic heterocycles. The SMILES string of the molecule is CCC(=O)OC1CC(=O)OC(C)C/C=C/C=C/C(OC2CCC(N(C)C)C(C)O2)C(C)CC(CC=O)C(OC2OC(C)C(C)C(N(C)C)C2O)C1OC. The van der Waals surface area contributed by atoms with E-state index in [1.807, 2.05) is 57.1 Å². The van der Waals surface area contributed by atoms with Gasteiger partial charge in [-0.05, 0) is 80.1 Å².